The monoisotopic (exact) mass is 372 g/mol. The van der Waals surface area contributed by atoms with E-state index in [1.807, 2.05) is 24.3 Å². The Morgan fingerprint density at radius 3 is 2.52 bits per heavy atom. The molecule has 3 aliphatic heterocycles. The fourth-order valence-corrected chi connectivity index (χ4v) is 4.33. The van der Waals surface area contributed by atoms with E-state index in [9.17, 15) is 9.59 Å². The van der Waals surface area contributed by atoms with Gasteiger partial charge in [-0.25, -0.2) is 4.79 Å². The van der Waals surface area contributed by atoms with Crippen molar-refractivity contribution in [3.63, 3.8) is 0 Å². The van der Waals surface area contributed by atoms with Gasteiger partial charge in [0, 0.05) is 56.6 Å². The Morgan fingerprint density at radius 2 is 1.81 bits per heavy atom. The van der Waals surface area contributed by atoms with Crippen LogP contribution < -0.4 is 5.32 Å². The lowest BCUT2D eigenvalue weighted by Crippen LogP contribution is -2.53. The minimum Gasteiger partial charge on any atom is -0.431 e. The van der Waals surface area contributed by atoms with Crippen LogP contribution in [0.1, 0.15) is 31.4 Å². The summed E-state index contributed by atoms with van der Waals surface area (Å²) in [6, 6.07) is 7.90. The molecule has 2 amide bonds. The van der Waals surface area contributed by atoms with Gasteiger partial charge >= 0.3 is 6.09 Å². The number of piperazine rings is 1. The molecule has 2 fully saturated rings. The van der Waals surface area contributed by atoms with E-state index in [2.05, 4.69) is 22.0 Å². The van der Waals surface area contributed by atoms with Crippen LogP contribution in [0.15, 0.2) is 24.3 Å². The first kappa shape index (κ1) is 18.3. The van der Waals surface area contributed by atoms with E-state index in [1.165, 1.54) is 0 Å². The predicted molar refractivity (Wildman–Crippen MR) is 103 cm³/mol. The van der Waals surface area contributed by atoms with Crippen LogP contribution in [0, 0.1) is 0 Å². The van der Waals surface area contributed by atoms with Crippen LogP contribution in [0.2, 0.25) is 0 Å². The molecule has 0 saturated carbocycles. The van der Waals surface area contributed by atoms with E-state index >= 15 is 0 Å². The third-order valence-electron chi connectivity index (χ3n) is 6.05. The number of hydrogen-bond donors (Lipinski definition) is 1. The molecule has 7 heteroatoms. The second-order valence-electron chi connectivity index (χ2n) is 7.53. The third kappa shape index (κ3) is 3.80. The van der Waals surface area contributed by atoms with Crippen molar-refractivity contribution in [1.29, 1.82) is 0 Å². The molecule has 1 aromatic rings. The van der Waals surface area contributed by atoms with Crippen LogP contribution in [0.4, 0.5) is 10.5 Å². The van der Waals surface area contributed by atoms with Crippen LogP contribution in [0.3, 0.4) is 0 Å². The van der Waals surface area contributed by atoms with Gasteiger partial charge in [-0.15, -0.1) is 0 Å². The third-order valence-corrected chi connectivity index (χ3v) is 6.05. The minimum absolute atomic E-state index is 0.270. The average Bonchev–Trinajstić information content (AvgIpc) is 3.03. The predicted octanol–water partition coefficient (Wildman–Crippen LogP) is 1.92. The van der Waals surface area contributed by atoms with Crippen LogP contribution in [0.25, 0.3) is 0 Å². The molecule has 7 nitrogen and oxygen atoms in total. The van der Waals surface area contributed by atoms with E-state index in [1.54, 1.807) is 4.90 Å². The van der Waals surface area contributed by atoms with Crippen LogP contribution in [0.5, 0.6) is 0 Å². The molecule has 1 unspecified atom stereocenters. The quantitative estimate of drug-likeness (QED) is 0.878. The number of nitrogens with one attached hydrogen (secondary N) is 1. The number of amides is 2. The van der Waals surface area contributed by atoms with E-state index in [0.717, 1.165) is 56.8 Å². The molecular formula is C20H28N4O3. The number of likely N-dealkylation sites (tertiary alicyclic amines) is 1. The molecule has 1 atom stereocenters. The number of carbonyl (C=O) groups is 2. The molecule has 2 saturated heterocycles. The summed E-state index contributed by atoms with van der Waals surface area (Å²) in [5, 5.41) is 2.77. The molecular weight excluding hydrogens is 344 g/mol. The molecule has 0 radical (unpaired) electrons. The topological polar surface area (TPSA) is 65.1 Å². The van der Waals surface area contributed by atoms with Gasteiger partial charge in [-0.2, -0.15) is 0 Å². The Bertz CT molecular complexity index is 694. The number of para-hydroxylation sites is 1. The number of nitrogens with zero attached hydrogens (tertiary/aromatic N) is 3. The number of hydrogen-bond acceptors (Lipinski definition) is 5. The number of likely N-dealkylation sites (N-methyl/N-ethyl adjacent to an activating group) is 1. The molecule has 1 aromatic carbocycles. The first-order chi connectivity index (χ1) is 13.2. The summed E-state index contributed by atoms with van der Waals surface area (Å²) in [7, 11) is 0. The summed E-state index contributed by atoms with van der Waals surface area (Å²) in [4.78, 5) is 31.5. The van der Waals surface area contributed by atoms with Gasteiger partial charge in [-0.3, -0.25) is 9.69 Å². The van der Waals surface area contributed by atoms with Crippen LogP contribution >= 0.6 is 0 Å². The van der Waals surface area contributed by atoms with E-state index < -0.39 is 6.10 Å². The van der Waals surface area contributed by atoms with Crippen molar-refractivity contribution in [3.05, 3.63) is 29.8 Å². The number of ether oxygens (including phenoxy) is 1. The van der Waals surface area contributed by atoms with Crippen LogP contribution in [-0.4, -0.2) is 78.6 Å². The number of fused-ring (bicyclic) bond motifs is 1. The lowest BCUT2D eigenvalue weighted by Gasteiger charge is -2.42. The van der Waals surface area contributed by atoms with Crippen molar-refractivity contribution in [2.45, 2.75) is 31.9 Å². The Hall–Kier alpha value is -2.12. The van der Waals surface area contributed by atoms with Crippen molar-refractivity contribution in [2.75, 3.05) is 51.1 Å². The molecule has 1 N–H and O–H groups in total. The summed E-state index contributed by atoms with van der Waals surface area (Å²) in [5.41, 5.74) is 1.46. The molecule has 3 aliphatic rings. The first-order valence-electron chi connectivity index (χ1n) is 9.97. The maximum atomic E-state index is 12.6. The molecule has 27 heavy (non-hydrogen) atoms. The fraction of sp³-hybridized carbons (Fsp3) is 0.600. The number of rotatable bonds is 3. The average molecular weight is 372 g/mol. The van der Waals surface area contributed by atoms with Gasteiger partial charge in [-0.1, -0.05) is 25.1 Å². The lowest BCUT2D eigenvalue weighted by atomic mass is 10.0. The highest BCUT2D eigenvalue weighted by molar-refractivity contribution is 6.02. The highest BCUT2D eigenvalue weighted by atomic mass is 16.6. The Labute approximate surface area is 160 Å². The molecule has 0 spiro atoms. The second-order valence-corrected chi connectivity index (χ2v) is 7.53. The molecule has 0 aliphatic carbocycles. The standard InChI is InChI=1S/C20H28N4O3/c1-2-22-11-13-23(14-12-22)15-7-9-24(10-8-15)20(26)27-18-16-5-3-4-6-17(16)21-19(18)25/h3-6,15,18H,2,7-14H2,1H3,(H,21,25). The second kappa shape index (κ2) is 7.86. The minimum atomic E-state index is -0.839. The van der Waals surface area contributed by atoms with Crippen molar-refractivity contribution in [3.8, 4) is 0 Å². The zero-order chi connectivity index (χ0) is 18.8. The largest absolute Gasteiger partial charge is 0.431 e. The van der Waals surface area contributed by atoms with Gasteiger partial charge in [0.2, 0.25) is 6.10 Å². The zero-order valence-electron chi connectivity index (χ0n) is 15.9. The molecule has 146 valence electrons. The summed E-state index contributed by atoms with van der Waals surface area (Å²) in [5.74, 6) is -0.270. The van der Waals surface area contributed by atoms with E-state index in [-0.39, 0.29) is 12.0 Å². The highest BCUT2D eigenvalue weighted by Gasteiger charge is 2.36. The molecule has 4 rings (SSSR count). The van der Waals surface area contributed by atoms with Gasteiger partial charge in [0.05, 0.1) is 0 Å². The molecule has 0 bridgehead atoms. The molecule has 0 aromatic heterocycles. The number of carbonyl (C=O) groups excluding carboxylic acids is 2. The van der Waals surface area contributed by atoms with Crippen molar-refractivity contribution < 1.29 is 14.3 Å². The maximum absolute atomic E-state index is 12.6. The SMILES string of the molecule is CCN1CCN(C2CCN(C(=O)OC3C(=O)Nc4ccccc43)CC2)CC1. The zero-order valence-corrected chi connectivity index (χ0v) is 15.9. The summed E-state index contributed by atoms with van der Waals surface area (Å²) >= 11 is 0. The van der Waals surface area contributed by atoms with Crippen LogP contribution in [-0.2, 0) is 9.53 Å². The van der Waals surface area contributed by atoms with Gasteiger partial charge in [0.25, 0.3) is 5.91 Å². The lowest BCUT2D eigenvalue weighted by molar-refractivity contribution is -0.124. The van der Waals surface area contributed by atoms with Crippen molar-refractivity contribution in [1.82, 2.24) is 14.7 Å². The Balaban J connectivity index is 1.29. The highest BCUT2D eigenvalue weighted by Crippen LogP contribution is 2.33. The van der Waals surface area contributed by atoms with Gasteiger partial charge < -0.3 is 19.9 Å². The summed E-state index contributed by atoms with van der Waals surface area (Å²) in [6.45, 7) is 9.20. The summed E-state index contributed by atoms with van der Waals surface area (Å²) < 4.78 is 5.55. The van der Waals surface area contributed by atoms with Gasteiger partial charge in [0.15, 0.2) is 0 Å². The fourth-order valence-electron chi connectivity index (χ4n) is 4.33. The van der Waals surface area contributed by atoms with Crippen molar-refractivity contribution in [2.24, 2.45) is 0 Å². The first-order valence-corrected chi connectivity index (χ1v) is 9.97. The van der Waals surface area contributed by atoms with Crippen molar-refractivity contribution >= 4 is 17.7 Å². The van der Waals surface area contributed by atoms with Gasteiger partial charge in [-0.05, 0) is 25.5 Å². The Kier molecular flexibility index (Phi) is 5.31. The maximum Gasteiger partial charge on any atom is 0.410 e. The molecule has 3 heterocycles. The smallest absolute Gasteiger partial charge is 0.410 e. The number of anilines is 1. The van der Waals surface area contributed by atoms with E-state index in [4.69, 9.17) is 4.74 Å². The number of piperidine rings is 1. The number of benzene rings is 1. The van der Waals surface area contributed by atoms with E-state index in [0.29, 0.717) is 19.1 Å². The normalized spacial score (nSPS) is 24.6. The van der Waals surface area contributed by atoms with Gasteiger partial charge in [0.1, 0.15) is 0 Å². The Morgan fingerprint density at radius 1 is 1.11 bits per heavy atom. The summed E-state index contributed by atoms with van der Waals surface area (Å²) in [6.07, 6.45) is 0.707.